The molecule has 1 aromatic rings. The Balaban J connectivity index is 0.000000241. The van der Waals surface area contributed by atoms with Crippen molar-refractivity contribution in [1.29, 1.82) is 0 Å². The molecule has 0 saturated carbocycles. The van der Waals surface area contributed by atoms with Crippen molar-refractivity contribution < 1.29 is 0 Å². The average molecular weight is 405 g/mol. The summed E-state index contributed by atoms with van der Waals surface area (Å²) in [7, 11) is 0. The Hall–Kier alpha value is 0.292. The Morgan fingerprint density at radius 3 is 1.86 bits per heavy atom. The molecule has 0 bridgehead atoms. The van der Waals surface area contributed by atoms with Gasteiger partial charge in [0.2, 0.25) is 0 Å². The summed E-state index contributed by atoms with van der Waals surface area (Å²) in [5.41, 5.74) is 0. The SMILES string of the molecule is C[CH2][Pb]([CH2]C)[CH2]C.[S-]c1ccccn1. The van der Waals surface area contributed by atoms with Crippen LogP contribution in [0.4, 0.5) is 0 Å². The zero-order valence-electron chi connectivity index (χ0n) is 9.29. The maximum Gasteiger partial charge on any atom is 0.0249 e. The number of pyridine rings is 1. The van der Waals surface area contributed by atoms with Crippen molar-refractivity contribution in [2.24, 2.45) is 0 Å². The minimum Gasteiger partial charge on any atom is -0.760 e. The van der Waals surface area contributed by atoms with Gasteiger partial charge in [0.05, 0.1) is 0 Å². The van der Waals surface area contributed by atoms with E-state index in [2.05, 4.69) is 25.8 Å². The molecule has 1 nitrogen and oxygen atoms in total. The third kappa shape index (κ3) is 7.67. The second-order valence-electron chi connectivity index (χ2n) is 2.98. The van der Waals surface area contributed by atoms with Crippen molar-refractivity contribution in [3.63, 3.8) is 0 Å². The first-order chi connectivity index (χ1) is 6.74. The van der Waals surface area contributed by atoms with Crippen molar-refractivity contribution in [1.82, 2.24) is 4.98 Å². The molecule has 1 rings (SSSR count). The maximum absolute atomic E-state index is 4.70. The van der Waals surface area contributed by atoms with Gasteiger partial charge in [-0.15, -0.1) is 0 Å². The summed E-state index contributed by atoms with van der Waals surface area (Å²) >= 11 is 3.91. The van der Waals surface area contributed by atoms with Crippen LogP contribution in [0.15, 0.2) is 29.4 Å². The Bertz CT molecular complexity index is 206. The van der Waals surface area contributed by atoms with Gasteiger partial charge in [0, 0.05) is 6.20 Å². The molecular formula is C11H19NPbS-. The first kappa shape index (κ1) is 14.3. The van der Waals surface area contributed by atoms with Gasteiger partial charge >= 0.3 is 55.4 Å². The van der Waals surface area contributed by atoms with E-state index < -0.39 is 22.7 Å². The molecule has 1 aromatic heterocycles. The van der Waals surface area contributed by atoms with E-state index in [1.807, 2.05) is 12.1 Å². The summed E-state index contributed by atoms with van der Waals surface area (Å²) in [6.45, 7) is 7.07. The van der Waals surface area contributed by atoms with Gasteiger partial charge in [0.15, 0.2) is 0 Å². The van der Waals surface area contributed by atoms with E-state index >= 15 is 0 Å². The molecule has 0 atom stereocenters. The van der Waals surface area contributed by atoms with Crippen molar-refractivity contribution in [2.45, 2.75) is 37.7 Å². The average Bonchev–Trinajstić information content (AvgIpc) is 2.22. The fourth-order valence-electron chi connectivity index (χ4n) is 1.10. The zero-order chi connectivity index (χ0) is 10.8. The van der Waals surface area contributed by atoms with E-state index in [9.17, 15) is 0 Å². The topological polar surface area (TPSA) is 12.9 Å². The fraction of sp³-hybridized carbons (Fsp3) is 0.545. The van der Waals surface area contributed by atoms with Crippen LogP contribution in [0.1, 0.15) is 20.8 Å². The summed E-state index contributed by atoms with van der Waals surface area (Å²) in [5, 5.41) is 0.655. The molecule has 3 heteroatoms. The summed E-state index contributed by atoms with van der Waals surface area (Å²) in [4.78, 5) is 3.79. The molecule has 0 aliphatic carbocycles. The maximum atomic E-state index is 4.70. The minimum absolute atomic E-state index is 0.655. The van der Waals surface area contributed by atoms with Crippen molar-refractivity contribution in [3.05, 3.63) is 24.4 Å². The molecule has 0 saturated heterocycles. The molecule has 1 heterocycles. The van der Waals surface area contributed by atoms with Gasteiger partial charge in [-0.1, -0.05) is 17.2 Å². The van der Waals surface area contributed by atoms with Gasteiger partial charge in [-0.25, -0.2) is 0 Å². The van der Waals surface area contributed by atoms with Gasteiger partial charge in [-0.2, -0.15) is 0 Å². The van der Waals surface area contributed by atoms with E-state index in [1.165, 1.54) is 0 Å². The Morgan fingerprint density at radius 1 is 1.14 bits per heavy atom. The minimum atomic E-state index is -0.789. The number of hydrogen-bond acceptors (Lipinski definition) is 2. The van der Waals surface area contributed by atoms with Crippen molar-refractivity contribution in [3.8, 4) is 0 Å². The predicted octanol–water partition coefficient (Wildman–Crippen LogP) is 3.53. The van der Waals surface area contributed by atoms with Gasteiger partial charge in [0.25, 0.3) is 0 Å². The van der Waals surface area contributed by atoms with Gasteiger partial charge < -0.3 is 12.6 Å². The molecule has 79 valence electrons. The normalized spacial score (nSPS) is 9.43. The van der Waals surface area contributed by atoms with E-state index in [1.54, 1.807) is 24.2 Å². The molecule has 1 radical (unpaired) electrons. The summed E-state index contributed by atoms with van der Waals surface area (Å²) in [6.07, 6.45) is 1.68. The molecule has 0 aromatic carbocycles. The monoisotopic (exact) mass is 405 g/mol. The second-order valence-corrected chi connectivity index (χ2v) is 17.5. The zero-order valence-corrected chi connectivity index (χ0v) is 14.0. The number of hydrogen-bond donors (Lipinski definition) is 0. The van der Waals surface area contributed by atoms with E-state index in [4.69, 9.17) is 12.6 Å². The molecule has 0 aliphatic heterocycles. The van der Waals surface area contributed by atoms with Crippen molar-refractivity contribution in [2.75, 3.05) is 0 Å². The third-order valence-electron chi connectivity index (χ3n) is 2.14. The Kier molecular flexibility index (Phi) is 10.0. The van der Waals surface area contributed by atoms with Crippen LogP contribution in [0, 0.1) is 0 Å². The smallest absolute Gasteiger partial charge is 0.0249 e. The van der Waals surface area contributed by atoms with Crippen LogP contribution in [0.5, 0.6) is 0 Å². The first-order valence-electron chi connectivity index (χ1n) is 5.16. The molecule has 14 heavy (non-hydrogen) atoms. The van der Waals surface area contributed by atoms with Crippen LogP contribution in [0.3, 0.4) is 0 Å². The summed E-state index contributed by atoms with van der Waals surface area (Å²) in [5.74, 6) is 0. The largest absolute Gasteiger partial charge is 0.760 e. The van der Waals surface area contributed by atoms with Crippen LogP contribution in [0.25, 0.3) is 0 Å². The number of nitrogens with zero attached hydrogens (tertiary/aromatic N) is 1. The van der Waals surface area contributed by atoms with Gasteiger partial charge in [0.1, 0.15) is 0 Å². The predicted molar refractivity (Wildman–Crippen MR) is 67.1 cm³/mol. The van der Waals surface area contributed by atoms with E-state index in [-0.39, 0.29) is 0 Å². The molecule has 0 unspecified atom stereocenters. The second kappa shape index (κ2) is 9.83. The molecule has 0 fully saturated rings. The van der Waals surface area contributed by atoms with Crippen molar-refractivity contribution >= 4 is 35.3 Å². The Morgan fingerprint density at radius 2 is 1.71 bits per heavy atom. The first-order valence-corrected chi connectivity index (χ1v) is 13.8. The quantitative estimate of drug-likeness (QED) is 0.565. The van der Waals surface area contributed by atoms with Crippen LogP contribution in [-0.2, 0) is 12.6 Å². The van der Waals surface area contributed by atoms with Gasteiger partial charge in [-0.3, -0.25) is 4.98 Å². The standard InChI is InChI=1S/C5H5NS.3C2H5.Pb/c7-5-3-1-2-4-6-5;3*1-2;/h1-4H,(H,6,7);3*1H2,2H3;/p-1. The molecule has 0 aliphatic rings. The van der Waals surface area contributed by atoms with E-state index in [0.29, 0.717) is 5.03 Å². The molecule has 0 spiro atoms. The third-order valence-corrected chi connectivity index (χ3v) is 14.0. The molecule has 0 N–H and O–H groups in total. The van der Waals surface area contributed by atoms with E-state index in [0.717, 1.165) is 0 Å². The molecular weight excluding hydrogens is 385 g/mol. The van der Waals surface area contributed by atoms with Crippen LogP contribution in [-0.4, -0.2) is 27.7 Å². The van der Waals surface area contributed by atoms with Crippen LogP contribution in [0.2, 0.25) is 11.9 Å². The summed E-state index contributed by atoms with van der Waals surface area (Å²) in [6, 6.07) is 5.50. The van der Waals surface area contributed by atoms with Crippen LogP contribution >= 0.6 is 0 Å². The number of aromatic nitrogens is 1. The van der Waals surface area contributed by atoms with Crippen LogP contribution < -0.4 is 0 Å². The Labute approximate surface area is 102 Å². The molecule has 0 amide bonds. The van der Waals surface area contributed by atoms with Gasteiger partial charge in [-0.05, 0) is 6.07 Å². The fourth-order valence-corrected chi connectivity index (χ4v) is 7.07. The summed E-state index contributed by atoms with van der Waals surface area (Å²) < 4.78 is 4.70. The number of rotatable bonds is 3.